The van der Waals surface area contributed by atoms with Crippen molar-refractivity contribution in [1.82, 2.24) is 4.98 Å². The summed E-state index contributed by atoms with van der Waals surface area (Å²) in [5.74, 6) is -0.231. The van der Waals surface area contributed by atoms with Gasteiger partial charge in [-0.05, 0) is 30.3 Å². The molecule has 0 saturated carbocycles. The third-order valence-corrected chi connectivity index (χ3v) is 4.58. The number of hydrogen-bond acceptors (Lipinski definition) is 6. The third kappa shape index (κ3) is 4.57. The van der Waals surface area contributed by atoms with E-state index in [0.717, 1.165) is 0 Å². The molecule has 0 aliphatic heterocycles. The van der Waals surface area contributed by atoms with Crippen LogP contribution in [0.4, 0.5) is 4.39 Å². The van der Waals surface area contributed by atoms with Gasteiger partial charge in [0.15, 0.2) is 11.6 Å². The molecule has 0 fully saturated rings. The van der Waals surface area contributed by atoms with Crippen molar-refractivity contribution in [2.45, 2.75) is 12.8 Å². The van der Waals surface area contributed by atoms with Crippen molar-refractivity contribution in [3.63, 3.8) is 0 Å². The van der Waals surface area contributed by atoms with Gasteiger partial charge >= 0.3 is 0 Å². The Bertz CT molecular complexity index is 957. The summed E-state index contributed by atoms with van der Waals surface area (Å²) in [4.78, 5) is 27.6. The van der Waals surface area contributed by atoms with E-state index in [1.54, 1.807) is 35.8 Å². The number of carbonyl (C=O) groups excluding carboxylic acids is 2. The average Bonchev–Trinajstić information content (AvgIpc) is 3.17. The molecule has 0 aliphatic rings. The van der Waals surface area contributed by atoms with Crippen molar-refractivity contribution in [2.75, 3.05) is 7.11 Å². The fourth-order valence-electron chi connectivity index (χ4n) is 2.55. The number of hydrogen-bond donors (Lipinski definition) is 0. The highest BCUT2D eigenvalue weighted by Gasteiger charge is 2.17. The van der Waals surface area contributed by atoms with Crippen molar-refractivity contribution >= 4 is 23.4 Å². The van der Waals surface area contributed by atoms with Crippen molar-refractivity contribution in [3.05, 3.63) is 69.9 Å². The molecule has 0 saturated heterocycles. The molecule has 0 unspecified atom stereocenters. The minimum atomic E-state index is -0.589. The number of methoxy groups -OCH3 is 1. The highest BCUT2D eigenvalue weighted by atomic mass is 32.1. The number of thiazole rings is 1. The van der Waals surface area contributed by atoms with Crippen molar-refractivity contribution in [3.8, 4) is 17.2 Å². The van der Waals surface area contributed by atoms with Crippen molar-refractivity contribution < 1.29 is 23.5 Å². The SMILES string of the molecule is COc1cccc(F)c1Oc1ccc(C=O)cc1CC(=O)Cc1nccs1. The standard InChI is InChI=1S/C20H16FNO4S/c1-25-18-4-2-3-16(21)20(18)26-17-6-5-13(12-23)9-14(17)10-15(24)11-19-22-7-8-27-19/h2-9,12H,10-11H2,1H3. The first-order chi connectivity index (χ1) is 13.1. The van der Waals surface area contributed by atoms with Gasteiger partial charge in [0.1, 0.15) is 17.8 Å². The Kier molecular flexibility index (Phi) is 5.93. The molecular formula is C20H16FNO4S. The smallest absolute Gasteiger partial charge is 0.204 e. The molecule has 27 heavy (non-hydrogen) atoms. The van der Waals surface area contributed by atoms with E-state index >= 15 is 0 Å². The van der Waals surface area contributed by atoms with E-state index in [9.17, 15) is 14.0 Å². The van der Waals surface area contributed by atoms with Crippen LogP contribution in [0.1, 0.15) is 20.9 Å². The van der Waals surface area contributed by atoms with Gasteiger partial charge in [-0.2, -0.15) is 0 Å². The quantitative estimate of drug-likeness (QED) is 0.543. The van der Waals surface area contributed by atoms with Gasteiger partial charge in [0.2, 0.25) is 5.75 Å². The second kappa shape index (κ2) is 8.55. The van der Waals surface area contributed by atoms with Gasteiger partial charge in [-0.3, -0.25) is 9.59 Å². The number of halogens is 1. The molecule has 0 spiro atoms. The van der Waals surface area contributed by atoms with E-state index in [2.05, 4.69) is 4.98 Å². The number of rotatable bonds is 8. The number of benzene rings is 2. The summed E-state index contributed by atoms with van der Waals surface area (Å²) in [5.41, 5.74) is 0.895. The van der Waals surface area contributed by atoms with E-state index in [1.807, 2.05) is 0 Å². The molecule has 0 amide bonds. The Morgan fingerprint density at radius 3 is 2.78 bits per heavy atom. The Labute approximate surface area is 159 Å². The molecule has 0 aliphatic carbocycles. The van der Waals surface area contributed by atoms with Crippen LogP contribution in [0.2, 0.25) is 0 Å². The Morgan fingerprint density at radius 2 is 2.07 bits per heavy atom. The fraction of sp³-hybridized carbons (Fsp3) is 0.150. The van der Waals surface area contributed by atoms with E-state index in [1.165, 1.54) is 30.6 Å². The molecule has 3 rings (SSSR count). The molecule has 1 heterocycles. The highest BCUT2D eigenvalue weighted by molar-refractivity contribution is 7.09. The van der Waals surface area contributed by atoms with Crippen molar-refractivity contribution in [2.24, 2.45) is 0 Å². The largest absolute Gasteiger partial charge is 0.493 e. The van der Waals surface area contributed by atoms with Gasteiger partial charge in [0.25, 0.3) is 0 Å². The first-order valence-electron chi connectivity index (χ1n) is 8.09. The van der Waals surface area contributed by atoms with Gasteiger partial charge in [-0.15, -0.1) is 11.3 Å². The Hall–Kier alpha value is -3.06. The van der Waals surface area contributed by atoms with Gasteiger partial charge in [-0.25, -0.2) is 9.37 Å². The Balaban J connectivity index is 1.89. The van der Waals surface area contributed by atoms with Crippen LogP contribution in [0.15, 0.2) is 48.0 Å². The zero-order chi connectivity index (χ0) is 19.2. The normalized spacial score (nSPS) is 10.4. The lowest BCUT2D eigenvalue weighted by Gasteiger charge is -2.14. The molecule has 1 aromatic heterocycles. The number of para-hydroxylation sites is 1. The number of ether oxygens (including phenoxy) is 2. The minimum absolute atomic E-state index is 0.0351. The van der Waals surface area contributed by atoms with Gasteiger partial charge in [-0.1, -0.05) is 6.07 Å². The number of ketones is 1. The summed E-state index contributed by atoms with van der Waals surface area (Å²) in [6, 6.07) is 8.99. The molecule has 5 nitrogen and oxygen atoms in total. The molecule has 3 aromatic rings. The zero-order valence-electron chi connectivity index (χ0n) is 14.5. The monoisotopic (exact) mass is 385 g/mol. The van der Waals surface area contributed by atoms with Gasteiger partial charge in [0, 0.05) is 29.1 Å². The van der Waals surface area contributed by atoms with E-state index in [-0.39, 0.29) is 35.9 Å². The molecule has 0 bridgehead atoms. The lowest BCUT2D eigenvalue weighted by Crippen LogP contribution is -2.08. The number of Topliss-reactive ketones (excluding diaryl/α,β-unsaturated/α-hetero) is 1. The second-order valence-electron chi connectivity index (χ2n) is 5.68. The van der Waals surface area contributed by atoms with Crippen molar-refractivity contribution in [1.29, 1.82) is 0 Å². The molecule has 138 valence electrons. The number of aromatic nitrogens is 1. The van der Waals surface area contributed by atoms with Crippen LogP contribution < -0.4 is 9.47 Å². The van der Waals surface area contributed by atoms with Crippen LogP contribution in [0.3, 0.4) is 0 Å². The van der Waals surface area contributed by atoms with E-state index < -0.39 is 5.82 Å². The molecule has 7 heteroatoms. The van der Waals surface area contributed by atoms with Crippen LogP contribution in [-0.2, 0) is 17.6 Å². The first kappa shape index (κ1) is 18.7. The topological polar surface area (TPSA) is 65.5 Å². The maximum Gasteiger partial charge on any atom is 0.204 e. The Morgan fingerprint density at radius 1 is 1.22 bits per heavy atom. The average molecular weight is 385 g/mol. The summed E-state index contributed by atoms with van der Waals surface area (Å²) in [6.45, 7) is 0. The summed E-state index contributed by atoms with van der Waals surface area (Å²) in [7, 11) is 1.41. The summed E-state index contributed by atoms with van der Waals surface area (Å²) in [5, 5.41) is 2.51. The van der Waals surface area contributed by atoms with Crippen LogP contribution in [0.5, 0.6) is 17.2 Å². The fourth-order valence-corrected chi connectivity index (χ4v) is 3.20. The third-order valence-electron chi connectivity index (χ3n) is 3.80. The predicted octanol–water partition coefficient (Wildman–Crippen LogP) is 4.25. The highest BCUT2D eigenvalue weighted by Crippen LogP contribution is 2.35. The summed E-state index contributed by atoms with van der Waals surface area (Å²) >= 11 is 1.40. The molecule has 0 N–H and O–H groups in total. The second-order valence-corrected chi connectivity index (χ2v) is 6.66. The summed E-state index contributed by atoms with van der Waals surface area (Å²) in [6.07, 6.45) is 2.54. The van der Waals surface area contributed by atoms with E-state index in [0.29, 0.717) is 22.4 Å². The number of nitrogens with zero attached hydrogens (tertiary/aromatic N) is 1. The maximum absolute atomic E-state index is 14.2. The molecule has 2 aromatic carbocycles. The van der Waals surface area contributed by atoms with Crippen LogP contribution in [0.25, 0.3) is 0 Å². The summed E-state index contributed by atoms with van der Waals surface area (Å²) < 4.78 is 25.0. The minimum Gasteiger partial charge on any atom is -0.493 e. The first-order valence-corrected chi connectivity index (χ1v) is 8.97. The zero-order valence-corrected chi connectivity index (χ0v) is 15.3. The lowest BCUT2D eigenvalue weighted by molar-refractivity contribution is -0.117. The van der Waals surface area contributed by atoms with Gasteiger partial charge < -0.3 is 9.47 Å². The van der Waals surface area contributed by atoms with Crippen LogP contribution >= 0.6 is 11.3 Å². The van der Waals surface area contributed by atoms with Crippen LogP contribution in [-0.4, -0.2) is 24.2 Å². The lowest BCUT2D eigenvalue weighted by atomic mass is 10.0. The molecule has 0 atom stereocenters. The number of carbonyl (C=O) groups is 2. The van der Waals surface area contributed by atoms with E-state index in [4.69, 9.17) is 9.47 Å². The van der Waals surface area contributed by atoms with Crippen LogP contribution in [0, 0.1) is 5.82 Å². The maximum atomic E-state index is 14.2. The van der Waals surface area contributed by atoms with Gasteiger partial charge in [0.05, 0.1) is 18.5 Å². The molecular weight excluding hydrogens is 369 g/mol. The number of aldehydes is 1. The predicted molar refractivity (Wildman–Crippen MR) is 99.4 cm³/mol. The molecule has 0 radical (unpaired) electrons.